The molecule has 0 aliphatic rings. The molecule has 2 N–H and O–H groups in total. The predicted molar refractivity (Wildman–Crippen MR) is 95.6 cm³/mol. The maximum Gasteiger partial charge on any atom is 0.253 e. The zero-order valence-electron chi connectivity index (χ0n) is 13.4. The highest BCUT2D eigenvalue weighted by molar-refractivity contribution is 7.10. The predicted octanol–water partition coefficient (Wildman–Crippen LogP) is 3.93. The molecule has 0 atom stereocenters. The maximum atomic E-state index is 12.3. The van der Waals surface area contributed by atoms with Crippen LogP contribution in [-0.4, -0.2) is 17.4 Å². The fourth-order valence-corrected chi connectivity index (χ4v) is 2.53. The molecule has 2 aromatic rings. The number of para-hydroxylation sites is 1. The molecule has 0 radical (unpaired) electrons. The average Bonchev–Trinajstić information content (AvgIpc) is 2.97. The zero-order valence-corrected chi connectivity index (χ0v) is 14.2. The SMILES string of the molecule is CC(C)(C)NC(=O)c1ccccc1NC(=O)C=Cc1cccs1. The summed E-state index contributed by atoms with van der Waals surface area (Å²) in [6, 6.07) is 10.8. The lowest BCUT2D eigenvalue weighted by atomic mass is 10.1. The van der Waals surface area contributed by atoms with Gasteiger partial charge in [-0.1, -0.05) is 18.2 Å². The second kappa shape index (κ2) is 7.24. The van der Waals surface area contributed by atoms with Gasteiger partial charge in [-0.3, -0.25) is 9.59 Å². The molecular weight excluding hydrogens is 308 g/mol. The summed E-state index contributed by atoms with van der Waals surface area (Å²) >= 11 is 1.55. The summed E-state index contributed by atoms with van der Waals surface area (Å²) in [5.41, 5.74) is 0.600. The first-order valence-corrected chi connectivity index (χ1v) is 8.17. The number of hydrogen-bond acceptors (Lipinski definition) is 3. The Labute approximate surface area is 140 Å². The third kappa shape index (κ3) is 5.38. The maximum absolute atomic E-state index is 12.3. The Morgan fingerprint density at radius 1 is 1.09 bits per heavy atom. The van der Waals surface area contributed by atoms with E-state index in [1.807, 2.05) is 38.3 Å². The van der Waals surface area contributed by atoms with Crippen molar-refractivity contribution in [3.05, 3.63) is 58.3 Å². The van der Waals surface area contributed by atoms with E-state index in [4.69, 9.17) is 0 Å². The quantitative estimate of drug-likeness (QED) is 0.836. The zero-order chi connectivity index (χ0) is 16.9. The molecule has 1 aromatic carbocycles. The smallest absolute Gasteiger partial charge is 0.253 e. The number of hydrogen-bond donors (Lipinski definition) is 2. The first-order chi connectivity index (χ1) is 10.8. The van der Waals surface area contributed by atoms with Crippen LogP contribution in [0.15, 0.2) is 47.9 Å². The number of amides is 2. The van der Waals surface area contributed by atoms with E-state index in [9.17, 15) is 9.59 Å². The van der Waals surface area contributed by atoms with E-state index in [1.165, 1.54) is 6.08 Å². The molecule has 0 unspecified atom stereocenters. The molecule has 120 valence electrons. The molecule has 0 saturated carbocycles. The summed E-state index contributed by atoms with van der Waals surface area (Å²) < 4.78 is 0. The number of rotatable bonds is 4. The van der Waals surface area contributed by atoms with Crippen molar-refractivity contribution in [1.82, 2.24) is 5.32 Å². The first-order valence-electron chi connectivity index (χ1n) is 7.29. The molecule has 5 heteroatoms. The Kier molecular flexibility index (Phi) is 5.34. The fourth-order valence-electron chi connectivity index (χ4n) is 1.92. The Hall–Kier alpha value is -2.40. The molecule has 2 amide bonds. The van der Waals surface area contributed by atoms with Gasteiger partial charge in [0.15, 0.2) is 0 Å². The van der Waals surface area contributed by atoms with Crippen molar-refractivity contribution in [2.24, 2.45) is 0 Å². The third-order valence-corrected chi connectivity index (χ3v) is 3.70. The van der Waals surface area contributed by atoms with Crippen molar-refractivity contribution in [1.29, 1.82) is 0 Å². The van der Waals surface area contributed by atoms with Gasteiger partial charge in [0.2, 0.25) is 5.91 Å². The van der Waals surface area contributed by atoms with Crippen molar-refractivity contribution in [3.8, 4) is 0 Å². The first kappa shape index (κ1) is 17.0. The summed E-state index contributed by atoms with van der Waals surface area (Å²) in [6.45, 7) is 5.74. The Balaban J connectivity index is 2.11. The van der Waals surface area contributed by atoms with Crippen molar-refractivity contribution in [2.45, 2.75) is 26.3 Å². The van der Waals surface area contributed by atoms with Gasteiger partial charge in [0, 0.05) is 16.5 Å². The third-order valence-electron chi connectivity index (χ3n) is 2.86. The molecule has 0 aliphatic carbocycles. The van der Waals surface area contributed by atoms with Crippen LogP contribution in [0.2, 0.25) is 0 Å². The number of carbonyl (C=O) groups is 2. The summed E-state index contributed by atoms with van der Waals surface area (Å²) in [5.74, 6) is -0.481. The number of anilines is 1. The monoisotopic (exact) mass is 328 g/mol. The van der Waals surface area contributed by atoms with Gasteiger partial charge < -0.3 is 10.6 Å². The highest BCUT2D eigenvalue weighted by Crippen LogP contribution is 2.17. The molecule has 2 rings (SSSR count). The molecule has 0 saturated heterocycles. The van der Waals surface area contributed by atoms with Crippen molar-refractivity contribution >= 4 is 34.9 Å². The van der Waals surface area contributed by atoms with Crippen LogP contribution in [0.4, 0.5) is 5.69 Å². The highest BCUT2D eigenvalue weighted by atomic mass is 32.1. The number of carbonyl (C=O) groups excluding carboxylic acids is 2. The number of benzene rings is 1. The summed E-state index contributed by atoms with van der Waals surface area (Å²) in [5, 5.41) is 7.60. The normalized spacial score (nSPS) is 11.4. The van der Waals surface area contributed by atoms with E-state index in [0.29, 0.717) is 11.3 Å². The Bertz CT molecular complexity index is 713. The molecular formula is C18H20N2O2S. The summed E-state index contributed by atoms with van der Waals surface area (Å²) in [7, 11) is 0. The van der Waals surface area contributed by atoms with Crippen LogP contribution in [0.3, 0.4) is 0 Å². The Morgan fingerprint density at radius 2 is 1.83 bits per heavy atom. The lowest BCUT2D eigenvalue weighted by Crippen LogP contribution is -2.40. The largest absolute Gasteiger partial charge is 0.347 e. The van der Waals surface area contributed by atoms with E-state index in [-0.39, 0.29) is 17.4 Å². The summed E-state index contributed by atoms with van der Waals surface area (Å²) in [4.78, 5) is 25.4. The lowest BCUT2D eigenvalue weighted by molar-refractivity contribution is -0.111. The second-order valence-electron chi connectivity index (χ2n) is 6.09. The number of nitrogens with one attached hydrogen (secondary N) is 2. The van der Waals surface area contributed by atoms with Crippen LogP contribution in [0.5, 0.6) is 0 Å². The minimum Gasteiger partial charge on any atom is -0.347 e. The fraction of sp³-hybridized carbons (Fsp3) is 0.222. The summed E-state index contributed by atoms with van der Waals surface area (Å²) in [6.07, 6.45) is 3.21. The lowest BCUT2D eigenvalue weighted by Gasteiger charge is -2.21. The van der Waals surface area contributed by atoms with Gasteiger partial charge in [0.25, 0.3) is 5.91 Å². The van der Waals surface area contributed by atoms with Gasteiger partial charge in [-0.2, -0.15) is 0 Å². The van der Waals surface area contributed by atoms with E-state index in [1.54, 1.807) is 41.7 Å². The molecule has 0 spiro atoms. The van der Waals surface area contributed by atoms with E-state index in [2.05, 4.69) is 10.6 Å². The average molecular weight is 328 g/mol. The van der Waals surface area contributed by atoms with Crippen LogP contribution in [0, 0.1) is 0 Å². The van der Waals surface area contributed by atoms with Crippen LogP contribution >= 0.6 is 11.3 Å². The van der Waals surface area contributed by atoms with Crippen LogP contribution in [0.25, 0.3) is 6.08 Å². The van der Waals surface area contributed by atoms with E-state index < -0.39 is 0 Å². The van der Waals surface area contributed by atoms with Gasteiger partial charge in [0.05, 0.1) is 11.3 Å². The van der Waals surface area contributed by atoms with Gasteiger partial charge in [0.1, 0.15) is 0 Å². The number of thiophene rings is 1. The van der Waals surface area contributed by atoms with Crippen LogP contribution in [0.1, 0.15) is 36.0 Å². The van der Waals surface area contributed by atoms with Crippen molar-refractivity contribution in [2.75, 3.05) is 5.32 Å². The molecule has 23 heavy (non-hydrogen) atoms. The van der Waals surface area contributed by atoms with Crippen LogP contribution in [-0.2, 0) is 4.79 Å². The van der Waals surface area contributed by atoms with E-state index >= 15 is 0 Å². The van der Waals surface area contributed by atoms with Gasteiger partial charge in [-0.15, -0.1) is 11.3 Å². The van der Waals surface area contributed by atoms with Gasteiger partial charge in [-0.05, 0) is 50.4 Å². The Morgan fingerprint density at radius 3 is 2.48 bits per heavy atom. The molecule has 0 aliphatic heterocycles. The van der Waals surface area contributed by atoms with Crippen LogP contribution < -0.4 is 10.6 Å². The highest BCUT2D eigenvalue weighted by Gasteiger charge is 2.18. The minimum atomic E-state index is -0.340. The molecule has 1 heterocycles. The molecule has 0 bridgehead atoms. The van der Waals surface area contributed by atoms with Gasteiger partial charge >= 0.3 is 0 Å². The minimum absolute atomic E-state index is 0.212. The van der Waals surface area contributed by atoms with Gasteiger partial charge in [-0.25, -0.2) is 0 Å². The van der Waals surface area contributed by atoms with E-state index in [0.717, 1.165) is 4.88 Å². The van der Waals surface area contributed by atoms with Crippen molar-refractivity contribution < 1.29 is 9.59 Å². The van der Waals surface area contributed by atoms with Crippen molar-refractivity contribution in [3.63, 3.8) is 0 Å². The molecule has 0 fully saturated rings. The molecule has 1 aromatic heterocycles. The second-order valence-corrected chi connectivity index (χ2v) is 7.07. The standard InChI is InChI=1S/C18H20N2O2S/c1-18(2,3)20-17(22)14-8-4-5-9-15(14)19-16(21)11-10-13-7-6-12-23-13/h4-12H,1-3H3,(H,19,21)(H,20,22). The topological polar surface area (TPSA) is 58.2 Å². The molecule has 4 nitrogen and oxygen atoms in total.